The molecule has 2 rings (SSSR count). The van der Waals surface area contributed by atoms with Crippen LogP contribution in [0.2, 0.25) is 0 Å². The van der Waals surface area contributed by atoms with Gasteiger partial charge in [0.05, 0.1) is 7.11 Å². The van der Waals surface area contributed by atoms with Gasteiger partial charge in [-0.3, -0.25) is 4.79 Å². The van der Waals surface area contributed by atoms with Crippen molar-refractivity contribution < 1.29 is 14.3 Å². The maximum atomic E-state index is 12.2. The third kappa shape index (κ3) is 3.88. The molecule has 0 fully saturated rings. The van der Waals surface area contributed by atoms with Crippen LogP contribution in [0.4, 0.5) is 5.69 Å². The summed E-state index contributed by atoms with van der Waals surface area (Å²) in [5.74, 6) is 1.34. The Morgan fingerprint density at radius 1 is 1.23 bits per heavy atom. The Bertz CT molecular complexity index is 663. The van der Waals surface area contributed by atoms with Crippen molar-refractivity contribution in [3.05, 3.63) is 66.2 Å². The minimum Gasteiger partial charge on any atom is -0.496 e. The highest BCUT2D eigenvalue weighted by molar-refractivity contribution is 6.04. The minimum absolute atomic E-state index is 0.162. The van der Waals surface area contributed by atoms with Crippen molar-refractivity contribution in [3.8, 4) is 11.5 Å². The second-order valence-electron chi connectivity index (χ2n) is 4.76. The Balaban J connectivity index is 2.05. The van der Waals surface area contributed by atoms with Crippen molar-refractivity contribution in [2.24, 2.45) is 0 Å². The van der Waals surface area contributed by atoms with E-state index in [2.05, 4.69) is 11.9 Å². The average molecular weight is 297 g/mol. The lowest BCUT2D eigenvalue weighted by Gasteiger charge is -2.09. The first-order chi connectivity index (χ1) is 10.6. The molecule has 1 amide bonds. The van der Waals surface area contributed by atoms with E-state index in [0.29, 0.717) is 17.9 Å². The average Bonchev–Trinajstić information content (AvgIpc) is 2.54. The van der Waals surface area contributed by atoms with Gasteiger partial charge >= 0.3 is 0 Å². The summed E-state index contributed by atoms with van der Waals surface area (Å²) in [5.41, 5.74) is 2.22. The normalized spacial score (nSPS) is 9.91. The fraction of sp³-hybridized carbons (Fsp3) is 0.167. The number of nitrogens with one attached hydrogen (secondary N) is 1. The highest BCUT2D eigenvalue weighted by Gasteiger charge is 2.08. The Morgan fingerprint density at radius 2 is 1.95 bits per heavy atom. The molecule has 0 spiro atoms. The lowest BCUT2D eigenvalue weighted by atomic mass is 10.1. The summed E-state index contributed by atoms with van der Waals surface area (Å²) in [5, 5.41) is 2.85. The molecule has 2 aromatic rings. The van der Waals surface area contributed by atoms with Crippen molar-refractivity contribution in [3.63, 3.8) is 0 Å². The third-order valence-electron chi connectivity index (χ3n) is 3.14. The fourth-order valence-corrected chi connectivity index (χ4v) is 2.01. The lowest BCUT2D eigenvalue weighted by Crippen LogP contribution is -2.12. The molecular formula is C18H19NO3. The largest absolute Gasteiger partial charge is 0.496 e. The van der Waals surface area contributed by atoms with Gasteiger partial charge in [-0.2, -0.15) is 0 Å². The molecule has 0 aromatic heterocycles. The van der Waals surface area contributed by atoms with Crippen LogP contribution in [0.15, 0.2) is 55.1 Å². The first kappa shape index (κ1) is 15.6. The molecule has 0 radical (unpaired) electrons. The molecule has 0 saturated carbocycles. The molecular weight excluding hydrogens is 278 g/mol. The first-order valence-corrected chi connectivity index (χ1v) is 6.94. The highest BCUT2D eigenvalue weighted by Crippen LogP contribution is 2.20. The van der Waals surface area contributed by atoms with Crippen molar-refractivity contribution >= 4 is 11.6 Å². The number of amides is 1. The molecule has 0 atom stereocenters. The second-order valence-corrected chi connectivity index (χ2v) is 4.76. The van der Waals surface area contributed by atoms with Crippen molar-refractivity contribution in [1.82, 2.24) is 0 Å². The molecule has 0 heterocycles. The summed E-state index contributed by atoms with van der Waals surface area (Å²) in [6.07, 6.45) is 1.68. The number of methoxy groups -OCH3 is 1. The SMILES string of the molecule is C=CCOc1ccc(NC(=O)c2ccc(OC)c(C)c2)cc1. The number of aryl methyl sites for hydroxylation is 1. The van der Waals surface area contributed by atoms with Crippen molar-refractivity contribution in [2.45, 2.75) is 6.92 Å². The highest BCUT2D eigenvalue weighted by atomic mass is 16.5. The van der Waals surface area contributed by atoms with Crippen LogP contribution < -0.4 is 14.8 Å². The smallest absolute Gasteiger partial charge is 0.255 e. The van der Waals surface area contributed by atoms with Crippen LogP contribution in [0.3, 0.4) is 0 Å². The molecule has 0 unspecified atom stereocenters. The molecule has 2 aromatic carbocycles. The number of benzene rings is 2. The van der Waals surface area contributed by atoms with Gasteiger partial charge in [0, 0.05) is 11.3 Å². The van der Waals surface area contributed by atoms with Gasteiger partial charge in [0.25, 0.3) is 5.91 Å². The Morgan fingerprint density at radius 3 is 2.55 bits per heavy atom. The molecule has 114 valence electrons. The lowest BCUT2D eigenvalue weighted by molar-refractivity contribution is 0.102. The second kappa shape index (κ2) is 7.31. The summed E-state index contributed by atoms with van der Waals surface area (Å²) in [6.45, 7) is 5.95. The fourth-order valence-electron chi connectivity index (χ4n) is 2.01. The summed E-state index contributed by atoms with van der Waals surface area (Å²) in [4.78, 5) is 12.2. The zero-order valence-electron chi connectivity index (χ0n) is 12.8. The summed E-state index contributed by atoms with van der Waals surface area (Å²) < 4.78 is 10.6. The molecule has 0 saturated heterocycles. The summed E-state index contributed by atoms with van der Waals surface area (Å²) >= 11 is 0. The number of carbonyl (C=O) groups is 1. The maximum absolute atomic E-state index is 12.2. The van der Waals surface area contributed by atoms with Gasteiger partial charge in [-0.15, -0.1) is 0 Å². The summed E-state index contributed by atoms with van der Waals surface area (Å²) in [6, 6.07) is 12.5. The van der Waals surface area contributed by atoms with E-state index in [1.54, 1.807) is 55.7 Å². The molecule has 0 aliphatic carbocycles. The van der Waals surface area contributed by atoms with Gasteiger partial charge in [-0.05, 0) is 55.0 Å². The van der Waals surface area contributed by atoms with Crippen molar-refractivity contribution in [1.29, 1.82) is 0 Å². The molecule has 1 N–H and O–H groups in total. The molecule has 4 heteroatoms. The van der Waals surface area contributed by atoms with E-state index in [0.717, 1.165) is 17.1 Å². The number of ether oxygens (including phenoxy) is 2. The number of rotatable bonds is 6. The molecule has 4 nitrogen and oxygen atoms in total. The monoisotopic (exact) mass is 297 g/mol. The van der Waals surface area contributed by atoms with Crippen LogP contribution in [0.25, 0.3) is 0 Å². The number of carbonyl (C=O) groups excluding carboxylic acids is 1. The van der Waals surface area contributed by atoms with Gasteiger partial charge < -0.3 is 14.8 Å². The quantitative estimate of drug-likeness (QED) is 0.825. The first-order valence-electron chi connectivity index (χ1n) is 6.94. The van der Waals surface area contributed by atoms with E-state index in [1.807, 2.05) is 6.92 Å². The maximum Gasteiger partial charge on any atom is 0.255 e. The predicted octanol–water partition coefficient (Wildman–Crippen LogP) is 3.82. The Kier molecular flexibility index (Phi) is 5.20. The van der Waals surface area contributed by atoms with E-state index in [4.69, 9.17) is 9.47 Å². The molecule has 22 heavy (non-hydrogen) atoms. The van der Waals surface area contributed by atoms with Crippen LogP contribution in [-0.2, 0) is 0 Å². The van der Waals surface area contributed by atoms with Crippen LogP contribution in [0.1, 0.15) is 15.9 Å². The van der Waals surface area contributed by atoms with Gasteiger partial charge in [0.2, 0.25) is 0 Å². The van der Waals surface area contributed by atoms with Crippen LogP contribution in [0.5, 0.6) is 11.5 Å². The topological polar surface area (TPSA) is 47.6 Å². The van der Waals surface area contributed by atoms with Crippen LogP contribution in [0, 0.1) is 6.92 Å². The Labute approximate surface area is 130 Å². The predicted molar refractivity (Wildman–Crippen MR) is 87.8 cm³/mol. The molecule has 0 aliphatic rings. The number of hydrogen-bond donors (Lipinski definition) is 1. The van der Waals surface area contributed by atoms with Gasteiger partial charge in [0.15, 0.2) is 0 Å². The summed E-state index contributed by atoms with van der Waals surface area (Å²) in [7, 11) is 1.61. The standard InChI is InChI=1S/C18H19NO3/c1-4-11-22-16-8-6-15(7-9-16)19-18(20)14-5-10-17(21-3)13(2)12-14/h4-10,12H,1,11H2,2-3H3,(H,19,20). The number of hydrogen-bond acceptors (Lipinski definition) is 3. The van der Waals surface area contributed by atoms with E-state index in [-0.39, 0.29) is 5.91 Å². The van der Waals surface area contributed by atoms with E-state index >= 15 is 0 Å². The molecule has 0 aliphatic heterocycles. The van der Waals surface area contributed by atoms with Gasteiger partial charge in [-0.25, -0.2) is 0 Å². The minimum atomic E-state index is -0.162. The van der Waals surface area contributed by atoms with E-state index in [1.165, 1.54) is 0 Å². The van der Waals surface area contributed by atoms with E-state index < -0.39 is 0 Å². The van der Waals surface area contributed by atoms with Gasteiger partial charge in [0.1, 0.15) is 18.1 Å². The number of anilines is 1. The zero-order chi connectivity index (χ0) is 15.9. The Hall–Kier alpha value is -2.75. The van der Waals surface area contributed by atoms with Crippen LogP contribution >= 0.6 is 0 Å². The van der Waals surface area contributed by atoms with Crippen molar-refractivity contribution in [2.75, 3.05) is 19.0 Å². The van der Waals surface area contributed by atoms with Gasteiger partial charge in [-0.1, -0.05) is 12.7 Å². The van der Waals surface area contributed by atoms with Crippen LogP contribution in [-0.4, -0.2) is 19.6 Å². The third-order valence-corrected chi connectivity index (χ3v) is 3.14. The van der Waals surface area contributed by atoms with E-state index in [9.17, 15) is 4.79 Å². The molecule has 0 bridgehead atoms. The zero-order valence-corrected chi connectivity index (χ0v) is 12.8.